The van der Waals surface area contributed by atoms with Gasteiger partial charge in [0.2, 0.25) is 0 Å². The Bertz CT molecular complexity index is 573. The summed E-state index contributed by atoms with van der Waals surface area (Å²) in [4.78, 5) is 27.2. The van der Waals surface area contributed by atoms with Gasteiger partial charge in [0.15, 0.2) is 11.4 Å². The van der Waals surface area contributed by atoms with E-state index in [1.807, 2.05) is 12.3 Å². The maximum atomic E-state index is 12.4. The smallest absolute Gasteiger partial charge is 0.410 e. The first-order valence-corrected chi connectivity index (χ1v) is 8.23. The van der Waals surface area contributed by atoms with Crippen LogP contribution < -0.4 is 0 Å². The van der Waals surface area contributed by atoms with E-state index in [1.54, 1.807) is 34.7 Å². The van der Waals surface area contributed by atoms with E-state index in [9.17, 15) is 9.59 Å². The third kappa shape index (κ3) is 2.62. The van der Waals surface area contributed by atoms with Gasteiger partial charge >= 0.3 is 6.09 Å². The van der Waals surface area contributed by atoms with Crippen LogP contribution in [-0.2, 0) is 10.5 Å². The largest absolute Gasteiger partial charge is 0.455 e. The van der Waals surface area contributed by atoms with E-state index in [-0.39, 0.29) is 12.0 Å². The standard InChI is InChI=1S/C14H18N2O4S/c1-15-8-14(20-13(15)18)5-6-16(9-14)12(17)11-4-3-10(19-11)7-21-2/h3-4H,5-9H2,1-2H3/t14-/m0/s1. The normalized spacial score (nSPS) is 25.0. The average Bonchev–Trinajstić information content (AvgIpc) is 3.12. The molecular formula is C14H18N2O4S. The predicted molar refractivity (Wildman–Crippen MR) is 78.3 cm³/mol. The summed E-state index contributed by atoms with van der Waals surface area (Å²) in [5.74, 6) is 1.77. The molecule has 2 fully saturated rings. The number of amides is 2. The maximum absolute atomic E-state index is 12.4. The lowest BCUT2D eigenvalue weighted by atomic mass is 10.0. The molecule has 3 rings (SSSR count). The average molecular weight is 310 g/mol. The minimum atomic E-state index is -0.545. The third-order valence-electron chi connectivity index (χ3n) is 3.90. The number of rotatable bonds is 3. The maximum Gasteiger partial charge on any atom is 0.410 e. The lowest BCUT2D eigenvalue weighted by molar-refractivity contribution is 0.0538. The zero-order chi connectivity index (χ0) is 15.0. The van der Waals surface area contributed by atoms with Crippen molar-refractivity contribution in [2.24, 2.45) is 0 Å². The number of carbonyl (C=O) groups is 2. The van der Waals surface area contributed by atoms with Gasteiger partial charge in [-0.2, -0.15) is 11.8 Å². The molecule has 0 aromatic carbocycles. The second-order valence-corrected chi connectivity index (χ2v) is 6.45. The number of carbonyl (C=O) groups excluding carboxylic acids is 2. The first kappa shape index (κ1) is 14.3. The highest BCUT2D eigenvalue weighted by molar-refractivity contribution is 7.97. The molecule has 7 heteroatoms. The van der Waals surface area contributed by atoms with Crippen LogP contribution in [0.25, 0.3) is 0 Å². The van der Waals surface area contributed by atoms with Gasteiger partial charge in [0.05, 0.1) is 18.8 Å². The summed E-state index contributed by atoms with van der Waals surface area (Å²) in [5.41, 5.74) is -0.545. The number of hydrogen-bond donors (Lipinski definition) is 0. The molecule has 3 heterocycles. The lowest BCUT2D eigenvalue weighted by Crippen LogP contribution is -2.39. The summed E-state index contributed by atoms with van der Waals surface area (Å²) in [6.07, 6.45) is 2.34. The van der Waals surface area contributed by atoms with E-state index in [0.717, 1.165) is 11.5 Å². The Hall–Kier alpha value is -1.63. The van der Waals surface area contributed by atoms with Gasteiger partial charge in [0, 0.05) is 20.0 Å². The molecule has 114 valence electrons. The van der Waals surface area contributed by atoms with E-state index in [1.165, 1.54) is 0 Å². The quantitative estimate of drug-likeness (QED) is 0.852. The molecule has 1 aromatic heterocycles. The van der Waals surface area contributed by atoms with Crippen molar-refractivity contribution >= 4 is 23.8 Å². The van der Waals surface area contributed by atoms with Gasteiger partial charge in [0.1, 0.15) is 5.76 Å². The summed E-state index contributed by atoms with van der Waals surface area (Å²) in [7, 11) is 1.71. The Morgan fingerprint density at radius 1 is 1.43 bits per heavy atom. The van der Waals surface area contributed by atoms with E-state index in [0.29, 0.717) is 31.8 Å². The van der Waals surface area contributed by atoms with Gasteiger partial charge < -0.3 is 19.0 Å². The number of likely N-dealkylation sites (N-methyl/N-ethyl adjacent to an activating group) is 1. The number of ether oxygens (including phenoxy) is 1. The molecule has 6 nitrogen and oxygen atoms in total. The molecule has 2 amide bonds. The molecule has 0 radical (unpaired) electrons. The zero-order valence-electron chi connectivity index (χ0n) is 12.1. The minimum absolute atomic E-state index is 0.134. The molecular weight excluding hydrogens is 292 g/mol. The molecule has 0 aliphatic carbocycles. The molecule has 1 spiro atoms. The fraction of sp³-hybridized carbons (Fsp3) is 0.571. The number of furan rings is 1. The van der Waals surface area contributed by atoms with E-state index >= 15 is 0 Å². The van der Waals surface area contributed by atoms with Crippen molar-refractivity contribution in [1.29, 1.82) is 0 Å². The van der Waals surface area contributed by atoms with Gasteiger partial charge in [-0.3, -0.25) is 4.79 Å². The van der Waals surface area contributed by atoms with Crippen LogP contribution in [0.3, 0.4) is 0 Å². The van der Waals surface area contributed by atoms with Crippen molar-refractivity contribution in [3.63, 3.8) is 0 Å². The summed E-state index contributed by atoms with van der Waals surface area (Å²) >= 11 is 1.65. The van der Waals surface area contributed by atoms with Crippen LogP contribution in [0.4, 0.5) is 4.79 Å². The van der Waals surface area contributed by atoms with Gasteiger partial charge in [-0.1, -0.05) is 0 Å². The predicted octanol–water partition coefficient (Wildman–Crippen LogP) is 1.81. The molecule has 21 heavy (non-hydrogen) atoms. The summed E-state index contributed by atoms with van der Waals surface area (Å²) < 4.78 is 11.0. The first-order chi connectivity index (χ1) is 10.0. The van der Waals surface area contributed by atoms with Gasteiger partial charge in [-0.05, 0) is 18.4 Å². The van der Waals surface area contributed by atoms with Gasteiger partial charge in [-0.25, -0.2) is 4.79 Å². The molecule has 0 bridgehead atoms. The van der Waals surface area contributed by atoms with E-state index in [2.05, 4.69) is 0 Å². The van der Waals surface area contributed by atoms with Crippen LogP contribution in [0, 0.1) is 0 Å². The fourth-order valence-electron chi connectivity index (χ4n) is 2.89. The summed E-state index contributed by atoms with van der Waals surface area (Å²) in [5, 5.41) is 0. The van der Waals surface area contributed by atoms with Crippen molar-refractivity contribution in [2.45, 2.75) is 17.8 Å². The van der Waals surface area contributed by atoms with Crippen molar-refractivity contribution in [3.05, 3.63) is 23.7 Å². The van der Waals surface area contributed by atoms with Crippen molar-refractivity contribution in [2.75, 3.05) is 32.9 Å². The Morgan fingerprint density at radius 3 is 2.90 bits per heavy atom. The van der Waals surface area contributed by atoms with Crippen molar-refractivity contribution in [1.82, 2.24) is 9.80 Å². The number of likely N-dealkylation sites (tertiary alicyclic amines) is 1. The second-order valence-electron chi connectivity index (χ2n) is 5.58. The second kappa shape index (κ2) is 5.29. The van der Waals surface area contributed by atoms with E-state index in [4.69, 9.17) is 9.15 Å². The Kier molecular flexibility index (Phi) is 3.61. The molecule has 0 N–H and O–H groups in total. The monoisotopic (exact) mass is 310 g/mol. The molecule has 1 atom stereocenters. The minimum Gasteiger partial charge on any atom is -0.455 e. The number of nitrogens with zero attached hydrogens (tertiary/aromatic N) is 2. The Labute approximate surface area is 127 Å². The lowest BCUT2D eigenvalue weighted by Gasteiger charge is -2.21. The summed E-state index contributed by atoms with van der Waals surface area (Å²) in [6, 6.07) is 3.55. The topological polar surface area (TPSA) is 63.0 Å². The van der Waals surface area contributed by atoms with Crippen LogP contribution in [0.1, 0.15) is 22.7 Å². The number of hydrogen-bond acceptors (Lipinski definition) is 5. The molecule has 0 saturated carbocycles. The van der Waals surface area contributed by atoms with Crippen LogP contribution in [-0.4, -0.2) is 60.3 Å². The fourth-order valence-corrected chi connectivity index (χ4v) is 3.33. The van der Waals surface area contributed by atoms with E-state index < -0.39 is 5.60 Å². The molecule has 0 unspecified atom stereocenters. The summed E-state index contributed by atoms with van der Waals surface area (Å²) in [6.45, 7) is 1.55. The molecule has 2 saturated heterocycles. The molecule has 2 aliphatic rings. The van der Waals surface area contributed by atoms with Crippen LogP contribution in [0.5, 0.6) is 0 Å². The van der Waals surface area contributed by atoms with Crippen LogP contribution in [0.2, 0.25) is 0 Å². The SMILES string of the molecule is CSCc1ccc(C(=O)N2CC[C@]3(CN(C)C(=O)O3)C2)o1. The molecule has 1 aromatic rings. The van der Waals surface area contributed by atoms with Crippen LogP contribution >= 0.6 is 11.8 Å². The van der Waals surface area contributed by atoms with Crippen molar-refractivity contribution in [3.8, 4) is 0 Å². The van der Waals surface area contributed by atoms with Gasteiger partial charge in [-0.15, -0.1) is 0 Å². The highest BCUT2D eigenvalue weighted by Crippen LogP contribution is 2.32. The van der Waals surface area contributed by atoms with Crippen molar-refractivity contribution < 1.29 is 18.7 Å². The third-order valence-corrected chi connectivity index (χ3v) is 4.48. The first-order valence-electron chi connectivity index (χ1n) is 6.84. The van der Waals surface area contributed by atoms with Crippen LogP contribution in [0.15, 0.2) is 16.5 Å². The zero-order valence-corrected chi connectivity index (χ0v) is 12.9. The highest BCUT2D eigenvalue weighted by atomic mass is 32.2. The Balaban J connectivity index is 1.68. The molecule has 2 aliphatic heterocycles. The number of thioether (sulfide) groups is 1. The Morgan fingerprint density at radius 2 is 2.24 bits per heavy atom. The van der Waals surface area contributed by atoms with Gasteiger partial charge in [0.25, 0.3) is 5.91 Å². The highest BCUT2D eigenvalue weighted by Gasteiger charge is 2.49.